The molecule has 11 aromatic rings. The molecule has 11 rings (SSSR count). The van der Waals surface area contributed by atoms with E-state index in [0.29, 0.717) is 75.8 Å². The monoisotopic (exact) mass is 810 g/mol. The highest BCUT2D eigenvalue weighted by atomic mass is 14.3. The lowest BCUT2D eigenvalue weighted by Gasteiger charge is -2.29. The Morgan fingerprint density at radius 2 is 0.279 bits per heavy atom. The summed E-state index contributed by atoms with van der Waals surface area (Å²) in [6, 6.07) is 23.9. The Morgan fingerprint density at radius 3 is 0.500 bits per heavy atom. The predicted octanol–water partition coefficient (Wildman–Crippen LogP) is -7.56. The molecule has 0 aliphatic heterocycles. The highest BCUT2D eigenvalue weighted by Gasteiger charge is 2.27. The first-order valence-corrected chi connectivity index (χ1v) is 21.2. The molecule has 18 heteroatoms. The second-order valence-electron chi connectivity index (χ2n) is 17.4. The van der Waals surface area contributed by atoms with E-state index in [4.69, 9.17) is 141 Å². The zero-order valence-electron chi connectivity index (χ0n) is 36.3. The predicted molar refractivity (Wildman–Crippen MR) is 313 cm³/mol. The fraction of sp³-hybridized carbons (Fsp3) is 0. The molecule has 0 fully saturated rings. The van der Waals surface area contributed by atoms with Gasteiger partial charge in [-0.15, -0.1) is 10.9 Å². The number of benzene rings is 11. The summed E-state index contributed by atoms with van der Waals surface area (Å²) in [6.45, 7) is 0. The van der Waals surface area contributed by atoms with Gasteiger partial charge in [-0.05, 0) is 109 Å². The topological polar surface area (TPSA) is 0 Å². The first-order valence-electron chi connectivity index (χ1n) is 21.2. The Balaban J connectivity index is 0.977. The van der Waals surface area contributed by atoms with E-state index < -0.39 is 0 Å². The van der Waals surface area contributed by atoms with Crippen LogP contribution in [0, 0.1) is 0 Å². The van der Waals surface area contributed by atoms with Gasteiger partial charge < -0.3 is 0 Å². The smallest absolute Gasteiger partial charge is 0.109 e. The maximum atomic E-state index is 6.86. The number of hydrogen-bond donors (Lipinski definition) is 0. The third-order valence-corrected chi connectivity index (χ3v) is 14.1. The van der Waals surface area contributed by atoms with E-state index in [1.807, 2.05) is 72.8 Å². The van der Waals surface area contributed by atoms with Crippen LogP contribution in [-0.2, 0) is 0 Å². The van der Waals surface area contributed by atoms with Crippen LogP contribution in [0.2, 0.25) is 0 Å². The van der Waals surface area contributed by atoms with E-state index >= 15 is 0 Å². The summed E-state index contributed by atoms with van der Waals surface area (Å²) in [6.07, 6.45) is 0. The zero-order chi connectivity index (χ0) is 48.4. The standard InChI is InChI=1S/C50H12B18/c51-33-19(25-21-23-29(39(57)35(25)53)45(63)49(67)47(65)31(23)43(61)41(59)27(21)37(33)55)17-9-5-15(6-10-17)13-1-2-14(4-3-13)16-7-11-18(12-8-16)20-26-22-24-30(40(58)36(26)54)46(64)50(68)48(66)32(24)44(62)42(60)28(22)38(56)34(20)52/h1-12H. The van der Waals surface area contributed by atoms with Crippen molar-refractivity contribution in [2.75, 3.05) is 0 Å². The van der Waals surface area contributed by atoms with Crippen molar-refractivity contribution in [1.29, 1.82) is 0 Å². The molecule has 0 saturated carbocycles. The molecule has 0 saturated heterocycles. The van der Waals surface area contributed by atoms with E-state index in [1.165, 1.54) is 0 Å². The van der Waals surface area contributed by atoms with E-state index in [-0.39, 0.29) is 98.3 Å². The van der Waals surface area contributed by atoms with E-state index in [9.17, 15) is 0 Å². The molecule has 36 radical (unpaired) electrons. The minimum atomic E-state index is 0.122. The first kappa shape index (κ1) is 45.1. The van der Waals surface area contributed by atoms with Gasteiger partial charge in [0.15, 0.2) is 0 Å². The quantitative estimate of drug-likeness (QED) is 0.123. The van der Waals surface area contributed by atoms with Crippen molar-refractivity contribution >= 4 is 304 Å². The number of hydrogen-bond acceptors (Lipinski definition) is 0. The van der Waals surface area contributed by atoms with Gasteiger partial charge >= 0.3 is 0 Å². The van der Waals surface area contributed by atoms with Crippen LogP contribution in [0.15, 0.2) is 72.8 Å². The Morgan fingerprint density at radius 1 is 0.132 bits per heavy atom. The Labute approximate surface area is 418 Å². The van der Waals surface area contributed by atoms with Gasteiger partial charge in [0.25, 0.3) is 0 Å². The molecule has 0 nitrogen and oxygen atoms in total. The molecule has 0 aliphatic rings. The van der Waals surface area contributed by atoms with Gasteiger partial charge in [-0.3, -0.25) is 0 Å². The largest absolute Gasteiger partial charge is 0.113 e. The molecule has 0 atom stereocenters. The zero-order valence-corrected chi connectivity index (χ0v) is 36.3. The Hall–Kier alpha value is -5.33. The van der Waals surface area contributed by atoms with Crippen LogP contribution in [0.3, 0.4) is 0 Å². The third-order valence-electron chi connectivity index (χ3n) is 14.1. The van der Waals surface area contributed by atoms with Crippen molar-refractivity contribution in [3.63, 3.8) is 0 Å². The van der Waals surface area contributed by atoms with Crippen molar-refractivity contribution in [3.05, 3.63) is 72.8 Å². The molecule has 0 aliphatic carbocycles. The lowest BCUT2D eigenvalue weighted by Crippen LogP contribution is -2.48. The first-order chi connectivity index (χ1) is 32.3. The van der Waals surface area contributed by atoms with Gasteiger partial charge in [0.1, 0.15) is 141 Å². The van der Waals surface area contributed by atoms with Crippen LogP contribution in [0.5, 0.6) is 0 Å². The van der Waals surface area contributed by atoms with Gasteiger partial charge in [0, 0.05) is 0 Å². The SMILES string of the molecule is [B]c1c([B])c2c([B])c([B])c3c([B])c([B])c(-c4ccc(-c5ccc(-c6ccc(-c7c([B])c([B])c8c([B])c([B])c9c([B])c([B])c([B])c%10c([B])c([B])c7c8c9%10)cc6)cc5)cc4)c4c([B])c([B])c(c1[B])c2c34. The molecule has 0 bridgehead atoms. The molecular formula is C50H12B18. The summed E-state index contributed by atoms with van der Waals surface area (Å²) in [7, 11) is 120. The second-order valence-corrected chi connectivity index (χ2v) is 17.4. The van der Waals surface area contributed by atoms with Crippen molar-refractivity contribution < 1.29 is 0 Å². The van der Waals surface area contributed by atoms with Crippen LogP contribution in [0.1, 0.15) is 0 Å². The normalized spacial score (nSPS) is 12.0. The molecule has 11 aromatic carbocycles. The maximum Gasteiger partial charge on any atom is 0.113 e. The van der Waals surface area contributed by atoms with E-state index in [0.717, 1.165) is 33.4 Å². The summed E-state index contributed by atoms with van der Waals surface area (Å²) >= 11 is 0. The van der Waals surface area contributed by atoms with Crippen LogP contribution in [0.25, 0.3) is 109 Å². The second kappa shape index (κ2) is 15.6. The minimum Gasteiger partial charge on any atom is -0.109 e. The summed E-state index contributed by atoms with van der Waals surface area (Å²) in [4.78, 5) is 0. The van der Waals surface area contributed by atoms with Crippen molar-refractivity contribution in [1.82, 2.24) is 0 Å². The van der Waals surface area contributed by atoms with Gasteiger partial charge in [0.05, 0.1) is 0 Å². The third kappa shape index (κ3) is 5.82. The lowest BCUT2D eigenvalue weighted by molar-refractivity contribution is 1.59. The molecular weight excluding hydrogens is 795 g/mol. The molecule has 0 aromatic heterocycles. The van der Waals surface area contributed by atoms with Crippen LogP contribution < -0.4 is 98.3 Å². The molecule has 68 heavy (non-hydrogen) atoms. The van der Waals surface area contributed by atoms with Gasteiger partial charge in [-0.1, -0.05) is 160 Å². The molecule has 0 heterocycles. The van der Waals surface area contributed by atoms with Gasteiger partial charge in [0.2, 0.25) is 0 Å². The summed E-state index contributed by atoms with van der Waals surface area (Å²) in [5.41, 5.74) is 9.87. The maximum absolute atomic E-state index is 6.86. The molecule has 0 N–H and O–H groups in total. The molecule has 266 valence electrons. The summed E-state index contributed by atoms with van der Waals surface area (Å²) < 4.78 is 0. The van der Waals surface area contributed by atoms with Gasteiger partial charge in [-0.2, -0.15) is 0 Å². The summed E-state index contributed by atoms with van der Waals surface area (Å²) in [5.74, 6) is 0. The van der Waals surface area contributed by atoms with Crippen molar-refractivity contribution in [2.24, 2.45) is 0 Å². The minimum absolute atomic E-state index is 0.122. The molecule has 0 amide bonds. The fourth-order valence-corrected chi connectivity index (χ4v) is 10.6. The van der Waals surface area contributed by atoms with Crippen LogP contribution >= 0.6 is 0 Å². The lowest BCUT2D eigenvalue weighted by atomic mass is 9.58. The average molecular weight is 807 g/mol. The fourth-order valence-electron chi connectivity index (χ4n) is 10.6. The van der Waals surface area contributed by atoms with Crippen molar-refractivity contribution in [2.45, 2.75) is 0 Å². The van der Waals surface area contributed by atoms with Gasteiger partial charge in [-0.25, -0.2) is 0 Å². The van der Waals surface area contributed by atoms with Crippen LogP contribution in [-0.4, -0.2) is 141 Å². The average Bonchev–Trinajstić information content (AvgIpc) is 3.33. The van der Waals surface area contributed by atoms with E-state index in [2.05, 4.69) is 0 Å². The Kier molecular flexibility index (Phi) is 10.3. The highest BCUT2D eigenvalue weighted by molar-refractivity contribution is 6.77. The Bertz CT molecular complexity index is 3760. The van der Waals surface area contributed by atoms with E-state index in [1.54, 1.807) is 0 Å². The molecule has 0 spiro atoms. The van der Waals surface area contributed by atoms with Crippen molar-refractivity contribution in [3.8, 4) is 44.5 Å². The number of rotatable bonds is 4. The molecule has 0 unspecified atom stereocenters. The highest BCUT2D eigenvalue weighted by Crippen LogP contribution is 2.37. The summed E-state index contributed by atoms with van der Waals surface area (Å²) in [5, 5.41) is 5.83. The van der Waals surface area contributed by atoms with Crippen LogP contribution in [0.4, 0.5) is 0 Å².